The Bertz CT molecular complexity index is 678. The Hall–Kier alpha value is -2.33. The number of hydrogen-bond acceptors (Lipinski definition) is 4. The van der Waals surface area contributed by atoms with Gasteiger partial charge < -0.3 is 9.47 Å². The maximum atomic E-state index is 12.1. The van der Waals surface area contributed by atoms with Crippen LogP contribution in [0.3, 0.4) is 0 Å². The van der Waals surface area contributed by atoms with Gasteiger partial charge in [-0.25, -0.2) is 4.79 Å². The predicted octanol–water partition coefficient (Wildman–Crippen LogP) is 3.92. The summed E-state index contributed by atoms with van der Waals surface area (Å²) in [6, 6.07) is 15.3. The lowest BCUT2D eigenvalue weighted by Gasteiger charge is -2.24. The molecule has 0 aliphatic heterocycles. The fraction of sp³-hybridized carbons (Fsp3) is 0.222. The highest BCUT2D eigenvalue weighted by Crippen LogP contribution is 2.21. The highest BCUT2D eigenvalue weighted by Gasteiger charge is 2.32. The van der Waals surface area contributed by atoms with Crippen molar-refractivity contribution in [2.24, 2.45) is 0 Å². The molecule has 0 aromatic heterocycles. The molecular weight excluding hydrogens is 316 g/mol. The van der Waals surface area contributed by atoms with Crippen molar-refractivity contribution in [3.8, 4) is 5.75 Å². The first-order valence-corrected chi connectivity index (χ1v) is 7.46. The molecule has 2 aromatic carbocycles. The average Bonchev–Trinajstić information content (AvgIpc) is 2.55. The molecule has 0 unspecified atom stereocenters. The van der Waals surface area contributed by atoms with Crippen LogP contribution in [0, 0.1) is 0 Å². The quantitative estimate of drug-likeness (QED) is 0.594. The van der Waals surface area contributed by atoms with Crippen LogP contribution in [-0.2, 0) is 9.53 Å². The predicted molar refractivity (Wildman–Crippen MR) is 87.9 cm³/mol. The van der Waals surface area contributed by atoms with Gasteiger partial charge in [0, 0.05) is 10.6 Å². The number of rotatable bonds is 6. The molecule has 0 spiro atoms. The van der Waals surface area contributed by atoms with Gasteiger partial charge in [-0.15, -0.1) is 0 Å². The molecule has 0 aliphatic rings. The van der Waals surface area contributed by atoms with Crippen molar-refractivity contribution < 1.29 is 19.1 Å². The van der Waals surface area contributed by atoms with Crippen LogP contribution in [0.1, 0.15) is 24.2 Å². The Labute approximate surface area is 140 Å². The minimum absolute atomic E-state index is 0.263. The van der Waals surface area contributed by atoms with Crippen molar-refractivity contribution >= 4 is 23.4 Å². The van der Waals surface area contributed by atoms with Crippen LogP contribution in [0.15, 0.2) is 54.6 Å². The van der Waals surface area contributed by atoms with Crippen LogP contribution in [0.5, 0.6) is 5.75 Å². The fourth-order valence-corrected chi connectivity index (χ4v) is 1.98. The van der Waals surface area contributed by atoms with E-state index in [4.69, 9.17) is 21.1 Å². The van der Waals surface area contributed by atoms with E-state index in [0.717, 1.165) is 0 Å². The zero-order chi connectivity index (χ0) is 16.9. The Morgan fingerprint density at radius 3 is 2.22 bits per heavy atom. The number of hydrogen-bond donors (Lipinski definition) is 0. The van der Waals surface area contributed by atoms with Gasteiger partial charge >= 0.3 is 5.97 Å². The average molecular weight is 333 g/mol. The highest BCUT2D eigenvalue weighted by molar-refractivity contribution is 6.30. The van der Waals surface area contributed by atoms with Crippen molar-refractivity contribution in [1.82, 2.24) is 0 Å². The van der Waals surface area contributed by atoms with Crippen LogP contribution in [0.2, 0.25) is 5.02 Å². The lowest BCUT2D eigenvalue weighted by Crippen LogP contribution is -2.40. The maximum Gasteiger partial charge on any atom is 0.350 e. The van der Waals surface area contributed by atoms with E-state index in [1.165, 1.54) is 0 Å². The Morgan fingerprint density at radius 2 is 1.61 bits per heavy atom. The largest absolute Gasteiger partial charge is 0.476 e. The van der Waals surface area contributed by atoms with Gasteiger partial charge in [0.1, 0.15) is 5.75 Å². The summed E-state index contributed by atoms with van der Waals surface area (Å²) in [6.07, 6.45) is 0. The van der Waals surface area contributed by atoms with E-state index < -0.39 is 11.6 Å². The van der Waals surface area contributed by atoms with Gasteiger partial charge in [-0.2, -0.15) is 0 Å². The minimum Gasteiger partial charge on any atom is -0.476 e. The molecule has 2 rings (SSSR count). The third-order valence-electron chi connectivity index (χ3n) is 3.11. The van der Waals surface area contributed by atoms with Crippen LogP contribution >= 0.6 is 11.6 Å². The molecule has 0 N–H and O–H groups in total. The molecule has 0 bridgehead atoms. The number of esters is 1. The SMILES string of the molecule is CC(C)(Oc1ccc(Cl)cc1)C(=O)OCC(=O)c1ccccc1. The number of carbonyl (C=O) groups excluding carboxylic acids is 2. The van der Waals surface area contributed by atoms with E-state index in [9.17, 15) is 9.59 Å². The smallest absolute Gasteiger partial charge is 0.350 e. The van der Waals surface area contributed by atoms with Crippen molar-refractivity contribution in [3.63, 3.8) is 0 Å². The number of carbonyl (C=O) groups is 2. The highest BCUT2D eigenvalue weighted by atomic mass is 35.5. The number of ether oxygens (including phenoxy) is 2. The normalized spacial score (nSPS) is 10.9. The molecule has 2 aromatic rings. The number of Topliss-reactive ketones (excluding diaryl/α,β-unsaturated/α-hetero) is 1. The summed E-state index contributed by atoms with van der Waals surface area (Å²) < 4.78 is 10.7. The molecule has 0 atom stereocenters. The van der Waals surface area contributed by atoms with Crippen LogP contribution in [-0.4, -0.2) is 24.0 Å². The van der Waals surface area contributed by atoms with Gasteiger partial charge in [-0.3, -0.25) is 4.79 Å². The van der Waals surface area contributed by atoms with E-state index in [1.807, 2.05) is 6.07 Å². The molecule has 0 amide bonds. The molecule has 0 aliphatic carbocycles. The summed E-state index contributed by atoms with van der Waals surface area (Å²) in [5.41, 5.74) is -0.720. The molecule has 120 valence electrons. The number of benzene rings is 2. The monoisotopic (exact) mass is 332 g/mol. The third-order valence-corrected chi connectivity index (χ3v) is 3.36. The first-order chi connectivity index (χ1) is 10.9. The molecule has 0 saturated heterocycles. The number of halogens is 1. The molecule has 0 heterocycles. The Morgan fingerprint density at radius 1 is 1.00 bits per heavy atom. The zero-order valence-electron chi connectivity index (χ0n) is 12.9. The topological polar surface area (TPSA) is 52.6 Å². The van der Waals surface area contributed by atoms with Crippen LogP contribution in [0.25, 0.3) is 0 Å². The lowest BCUT2D eigenvalue weighted by atomic mass is 10.1. The molecule has 0 saturated carbocycles. The third kappa shape index (κ3) is 4.83. The van der Waals surface area contributed by atoms with Crippen LogP contribution in [0.4, 0.5) is 0 Å². The zero-order valence-corrected chi connectivity index (χ0v) is 13.7. The van der Waals surface area contributed by atoms with E-state index in [2.05, 4.69) is 0 Å². The summed E-state index contributed by atoms with van der Waals surface area (Å²) in [7, 11) is 0. The van der Waals surface area contributed by atoms with E-state index in [-0.39, 0.29) is 12.4 Å². The molecule has 0 radical (unpaired) electrons. The van der Waals surface area contributed by atoms with Crippen molar-refractivity contribution in [2.75, 3.05) is 6.61 Å². The maximum absolute atomic E-state index is 12.1. The van der Waals surface area contributed by atoms with Crippen molar-refractivity contribution in [3.05, 3.63) is 65.2 Å². The van der Waals surface area contributed by atoms with Gasteiger partial charge in [0.05, 0.1) is 0 Å². The second-order valence-corrected chi connectivity index (χ2v) is 5.87. The minimum atomic E-state index is -1.22. The Balaban J connectivity index is 1.93. The van der Waals surface area contributed by atoms with Crippen molar-refractivity contribution in [2.45, 2.75) is 19.4 Å². The summed E-state index contributed by atoms with van der Waals surface area (Å²) in [5, 5.41) is 0.575. The first kappa shape index (κ1) is 17.0. The molecule has 23 heavy (non-hydrogen) atoms. The molecule has 5 heteroatoms. The van der Waals surface area contributed by atoms with Gasteiger partial charge in [0.15, 0.2) is 18.0 Å². The van der Waals surface area contributed by atoms with E-state index in [0.29, 0.717) is 16.3 Å². The standard InChI is InChI=1S/C18H17ClO4/c1-18(2,23-15-10-8-14(19)9-11-15)17(21)22-12-16(20)13-6-4-3-5-7-13/h3-11H,12H2,1-2H3. The molecular formula is C18H17ClO4. The van der Waals surface area contributed by atoms with Gasteiger partial charge in [0.2, 0.25) is 0 Å². The Kier molecular flexibility index (Phi) is 5.40. The summed E-state index contributed by atoms with van der Waals surface area (Å²) in [5.74, 6) is -0.385. The summed E-state index contributed by atoms with van der Waals surface area (Å²) in [4.78, 5) is 24.1. The first-order valence-electron chi connectivity index (χ1n) is 7.08. The molecule has 0 fully saturated rings. The summed E-state index contributed by atoms with van der Waals surface area (Å²) >= 11 is 5.80. The van der Waals surface area contributed by atoms with Gasteiger partial charge in [-0.1, -0.05) is 41.9 Å². The van der Waals surface area contributed by atoms with Crippen LogP contribution < -0.4 is 4.74 Å². The summed E-state index contributed by atoms with van der Waals surface area (Å²) in [6.45, 7) is 2.84. The van der Waals surface area contributed by atoms with Gasteiger partial charge in [-0.05, 0) is 38.1 Å². The second kappa shape index (κ2) is 7.29. The lowest BCUT2D eigenvalue weighted by molar-refractivity contribution is -0.158. The van der Waals surface area contributed by atoms with E-state index >= 15 is 0 Å². The second-order valence-electron chi connectivity index (χ2n) is 5.43. The van der Waals surface area contributed by atoms with E-state index in [1.54, 1.807) is 62.4 Å². The fourth-order valence-electron chi connectivity index (χ4n) is 1.85. The van der Waals surface area contributed by atoms with Crippen molar-refractivity contribution in [1.29, 1.82) is 0 Å². The number of ketones is 1. The molecule has 4 nitrogen and oxygen atoms in total. The van der Waals surface area contributed by atoms with Gasteiger partial charge in [0.25, 0.3) is 0 Å².